The number of unbranched alkanes of at least 4 members (excludes halogenated alkanes) is 10. The molecule has 0 fully saturated rings. The highest BCUT2D eigenvalue weighted by Crippen LogP contribution is 2.13. The molecule has 0 aromatic rings. The molecule has 0 aromatic heterocycles. The summed E-state index contributed by atoms with van der Waals surface area (Å²) in [6.45, 7) is 6.36. The Bertz CT molecular complexity index is 389. The van der Waals surface area contributed by atoms with Gasteiger partial charge in [0.05, 0.1) is 55.4 Å². The first kappa shape index (κ1) is 29.4. The van der Waals surface area contributed by atoms with Crippen LogP contribution in [-0.2, 0) is 4.79 Å². The maximum Gasteiger partial charge on any atom is 0.222 e. The molecule has 0 aromatic carbocycles. The summed E-state index contributed by atoms with van der Waals surface area (Å²) in [4.78, 5) is 15.0. The van der Waals surface area contributed by atoms with Crippen LogP contribution < -0.4 is 0 Å². The second-order valence-electron chi connectivity index (χ2n) is 11.4. The first-order valence-corrected chi connectivity index (χ1v) is 12.9. The van der Waals surface area contributed by atoms with Crippen molar-refractivity contribution in [2.75, 3.05) is 68.5 Å². The molecule has 0 aliphatic heterocycles. The fourth-order valence-electron chi connectivity index (χ4n) is 3.93. The molecule has 0 N–H and O–H groups in total. The van der Waals surface area contributed by atoms with E-state index in [2.05, 4.69) is 54.1 Å². The summed E-state index contributed by atoms with van der Waals surface area (Å²) in [7, 11) is 13.4. The van der Waals surface area contributed by atoms with Crippen molar-refractivity contribution < 1.29 is 13.8 Å². The smallest absolute Gasteiger partial charge is 0.222 e. The average molecular weight is 428 g/mol. The fourth-order valence-corrected chi connectivity index (χ4v) is 3.93. The molecule has 0 aliphatic carbocycles. The van der Waals surface area contributed by atoms with Crippen molar-refractivity contribution >= 4 is 5.91 Å². The van der Waals surface area contributed by atoms with E-state index in [9.17, 15) is 4.79 Å². The van der Waals surface area contributed by atoms with Crippen LogP contribution >= 0.6 is 0 Å². The van der Waals surface area contributed by atoms with E-state index in [1.165, 1.54) is 64.2 Å². The minimum Gasteiger partial charge on any atom is -0.342 e. The van der Waals surface area contributed by atoms with Gasteiger partial charge in [-0.05, 0) is 6.42 Å². The third-order valence-electron chi connectivity index (χ3n) is 5.86. The molecular weight excluding hydrogens is 370 g/mol. The van der Waals surface area contributed by atoms with Crippen LogP contribution in [0.5, 0.6) is 0 Å². The standard InChI is InChI=1S/C26H57N3O/c1-8-9-10-11-12-13-14-15-16-17-18-21-26(30)27(22-19-24-28(2,3)4)23-20-25-29(5,6)7/h8-25H2,1-7H3/q+2. The molecule has 0 rings (SSSR count). The summed E-state index contributed by atoms with van der Waals surface area (Å²) < 4.78 is 1.94. The van der Waals surface area contributed by atoms with Gasteiger partial charge >= 0.3 is 0 Å². The molecule has 30 heavy (non-hydrogen) atoms. The highest BCUT2D eigenvalue weighted by molar-refractivity contribution is 5.76. The van der Waals surface area contributed by atoms with E-state index in [-0.39, 0.29) is 0 Å². The lowest BCUT2D eigenvalue weighted by atomic mass is 10.1. The van der Waals surface area contributed by atoms with Crippen molar-refractivity contribution in [2.45, 2.75) is 96.8 Å². The molecule has 0 aliphatic rings. The lowest BCUT2D eigenvalue weighted by Gasteiger charge is -2.29. The molecule has 0 saturated carbocycles. The summed E-state index contributed by atoms with van der Waals surface area (Å²) in [6, 6.07) is 0. The number of nitrogens with zero attached hydrogens (tertiary/aromatic N) is 3. The third-order valence-corrected chi connectivity index (χ3v) is 5.86. The van der Waals surface area contributed by atoms with Crippen LogP contribution in [0.2, 0.25) is 0 Å². The molecule has 1 amide bonds. The SMILES string of the molecule is CCCCCCCCCCCCCC(=O)N(CCC[N+](C)(C)C)CCC[N+](C)(C)C. The number of rotatable bonds is 20. The molecule has 0 unspecified atom stereocenters. The van der Waals surface area contributed by atoms with Gasteiger partial charge in [-0.3, -0.25) is 4.79 Å². The summed E-state index contributed by atoms with van der Waals surface area (Å²) >= 11 is 0. The van der Waals surface area contributed by atoms with E-state index in [4.69, 9.17) is 0 Å². The summed E-state index contributed by atoms with van der Waals surface area (Å²) in [5.41, 5.74) is 0. The zero-order valence-electron chi connectivity index (χ0n) is 22.0. The molecule has 180 valence electrons. The van der Waals surface area contributed by atoms with Crippen molar-refractivity contribution in [3.63, 3.8) is 0 Å². The molecule has 0 atom stereocenters. The van der Waals surface area contributed by atoms with Gasteiger partial charge in [0, 0.05) is 32.4 Å². The molecule has 0 saturated heterocycles. The van der Waals surface area contributed by atoms with E-state index >= 15 is 0 Å². The second-order valence-corrected chi connectivity index (χ2v) is 11.4. The molecule has 0 radical (unpaired) electrons. The van der Waals surface area contributed by atoms with Crippen LogP contribution in [0.3, 0.4) is 0 Å². The predicted octanol–water partition coefficient (Wildman–Crippen LogP) is 5.71. The Balaban J connectivity index is 4.03. The van der Waals surface area contributed by atoms with Gasteiger partial charge in [0.15, 0.2) is 0 Å². The van der Waals surface area contributed by atoms with Crippen molar-refractivity contribution in [1.29, 1.82) is 0 Å². The Morgan fingerprint density at radius 2 is 0.933 bits per heavy atom. The van der Waals surface area contributed by atoms with Crippen molar-refractivity contribution in [3.05, 3.63) is 0 Å². The highest BCUT2D eigenvalue weighted by atomic mass is 16.2. The van der Waals surface area contributed by atoms with E-state index in [0.29, 0.717) is 5.91 Å². The first-order chi connectivity index (χ1) is 14.0. The minimum atomic E-state index is 0.383. The maximum atomic E-state index is 12.8. The fraction of sp³-hybridized carbons (Fsp3) is 0.962. The molecule has 4 nitrogen and oxygen atoms in total. The van der Waals surface area contributed by atoms with Gasteiger partial charge in [-0.1, -0.05) is 71.1 Å². The second kappa shape index (κ2) is 17.0. The van der Waals surface area contributed by atoms with Crippen LogP contribution in [0.4, 0.5) is 0 Å². The van der Waals surface area contributed by atoms with Crippen molar-refractivity contribution in [2.24, 2.45) is 0 Å². The number of carbonyl (C=O) groups excluding carboxylic acids is 1. The molecule has 0 heterocycles. The summed E-state index contributed by atoms with van der Waals surface area (Å²) in [5, 5.41) is 0. The molecule has 4 heteroatoms. The van der Waals surface area contributed by atoms with Crippen LogP contribution in [-0.4, -0.2) is 88.2 Å². The van der Waals surface area contributed by atoms with Crippen molar-refractivity contribution in [1.82, 2.24) is 4.90 Å². The van der Waals surface area contributed by atoms with Crippen molar-refractivity contribution in [3.8, 4) is 0 Å². The molecular formula is C26H57N3O+2. The van der Waals surface area contributed by atoms with Gasteiger partial charge in [0.2, 0.25) is 5.91 Å². The van der Waals surface area contributed by atoms with Gasteiger partial charge in [-0.15, -0.1) is 0 Å². The number of amides is 1. The van der Waals surface area contributed by atoms with Crippen LogP contribution in [0.1, 0.15) is 96.8 Å². The van der Waals surface area contributed by atoms with Gasteiger partial charge in [-0.25, -0.2) is 0 Å². The maximum absolute atomic E-state index is 12.8. The summed E-state index contributed by atoms with van der Waals surface area (Å²) in [6.07, 6.45) is 17.6. The van der Waals surface area contributed by atoms with Gasteiger partial charge < -0.3 is 13.9 Å². The summed E-state index contributed by atoms with van der Waals surface area (Å²) in [5.74, 6) is 0.383. The molecule has 0 bridgehead atoms. The number of hydrogen-bond donors (Lipinski definition) is 0. The molecule has 0 spiro atoms. The van der Waals surface area contributed by atoms with E-state index < -0.39 is 0 Å². The van der Waals surface area contributed by atoms with E-state index in [0.717, 1.165) is 60.8 Å². The van der Waals surface area contributed by atoms with E-state index in [1.807, 2.05) is 0 Å². The van der Waals surface area contributed by atoms with Crippen LogP contribution in [0.25, 0.3) is 0 Å². The van der Waals surface area contributed by atoms with E-state index in [1.54, 1.807) is 0 Å². The quantitative estimate of drug-likeness (QED) is 0.180. The number of quaternary nitrogens is 2. The highest BCUT2D eigenvalue weighted by Gasteiger charge is 2.16. The normalized spacial score (nSPS) is 12.4. The Morgan fingerprint density at radius 3 is 1.30 bits per heavy atom. The van der Waals surface area contributed by atoms with Crippen LogP contribution in [0.15, 0.2) is 0 Å². The Morgan fingerprint density at radius 1 is 0.567 bits per heavy atom. The monoisotopic (exact) mass is 427 g/mol. The average Bonchev–Trinajstić information content (AvgIpc) is 2.62. The Kier molecular flexibility index (Phi) is 16.7. The lowest BCUT2D eigenvalue weighted by molar-refractivity contribution is -0.870. The van der Waals surface area contributed by atoms with Gasteiger partial charge in [0.25, 0.3) is 0 Å². The topological polar surface area (TPSA) is 20.3 Å². The largest absolute Gasteiger partial charge is 0.342 e. The predicted molar refractivity (Wildman–Crippen MR) is 133 cm³/mol. The first-order valence-electron chi connectivity index (χ1n) is 12.9. The van der Waals surface area contributed by atoms with Gasteiger partial charge in [0.1, 0.15) is 0 Å². The lowest BCUT2D eigenvalue weighted by Crippen LogP contribution is -2.41. The Hall–Kier alpha value is -0.610. The Labute approximate surface area is 190 Å². The number of hydrogen-bond acceptors (Lipinski definition) is 1. The van der Waals surface area contributed by atoms with Crippen LogP contribution in [0, 0.1) is 0 Å². The minimum absolute atomic E-state index is 0.383. The zero-order valence-corrected chi connectivity index (χ0v) is 22.0. The van der Waals surface area contributed by atoms with Gasteiger partial charge in [-0.2, -0.15) is 0 Å². The third kappa shape index (κ3) is 20.7. The zero-order chi connectivity index (χ0) is 22.9. The number of carbonyl (C=O) groups is 1.